The highest BCUT2D eigenvalue weighted by molar-refractivity contribution is 5.89. The van der Waals surface area contributed by atoms with Crippen LogP contribution in [-0.4, -0.2) is 58.2 Å². The molecule has 2 saturated heterocycles. The van der Waals surface area contributed by atoms with Crippen molar-refractivity contribution in [3.05, 3.63) is 23.7 Å². The Hall–Kier alpha value is -1.79. The van der Waals surface area contributed by atoms with Gasteiger partial charge in [0.2, 0.25) is 0 Å². The molecule has 0 amide bonds. The lowest BCUT2D eigenvalue weighted by Crippen LogP contribution is -2.48. The first-order chi connectivity index (χ1) is 11.7. The Kier molecular flexibility index (Phi) is 4.33. The molecule has 24 heavy (non-hydrogen) atoms. The van der Waals surface area contributed by atoms with Crippen molar-refractivity contribution in [1.29, 1.82) is 0 Å². The molecule has 2 atom stereocenters. The molecule has 2 aliphatic rings. The second kappa shape index (κ2) is 6.61. The maximum atomic E-state index is 5.79. The van der Waals surface area contributed by atoms with E-state index in [0.29, 0.717) is 6.04 Å². The molecule has 0 spiro atoms. The zero-order valence-electron chi connectivity index (χ0n) is 14.5. The number of aromatic nitrogens is 3. The number of aryl methyl sites for hydroxylation is 2. The molecule has 4 heterocycles. The number of piperidine rings is 1. The summed E-state index contributed by atoms with van der Waals surface area (Å²) in [5, 5.41) is 4.65. The van der Waals surface area contributed by atoms with E-state index in [1.54, 1.807) is 6.33 Å². The van der Waals surface area contributed by atoms with E-state index in [2.05, 4.69) is 38.2 Å². The Balaban J connectivity index is 1.61. The number of nitrogens with zero attached hydrogens (tertiary/aromatic N) is 4. The zero-order chi connectivity index (χ0) is 16.5. The highest BCUT2D eigenvalue weighted by atomic mass is 16.5. The van der Waals surface area contributed by atoms with Crippen LogP contribution in [0.1, 0.15) is 30.5 Å². The summed E-state index contributed by atoms with van der Waals surface area (Å²) in [6.45, 7) is 7.98. The molecule has 2 aromatic rings. The Labute approximate surface area is 142 Å². The highest BCUT2D eigenvalue weighted by Crippen LogP contribution is 2.26. The van der Waals surface area contributed by atoms with E-state index < -0.39 is 0 Å². The van der Waals surface area contributed by atoms with E-state index in [1.807, 2.05) is 6.92 Å². The maximum Gasteiger partial charge on any atom is 0.165 e. The third-order valence-corrected chi connectivity index (χ3v) is 5.16. The van der Waals surface area contributed by atoms with Gasteiger partial charge in [-0.05, 0) is 51.4 Å². The van der Waals surface area contributed by atoms with E-state index in [4.69, 9.17) is 4.74 Å². The van der Waals surface area contributed by atoms with Gasteiger partial charge < -0.3 is 10.1 Å². The molecule has 0 aromatic carbocycles. The summed E-state index contributed by atoms with van der Waals surface area (Å²) >= 11 is 0. The summed E-state index contributed by atoms with van der Waals surface area (Å²) in [6.07, 6.45) is 5.54. The SMILES string of the molecule is Cc1cc(C)c2c(N[C@@H]3COC[C@H]3N3CCCCC3)ncnc2n1. The molecule has 6 heteroatoms. The predicted octanol–water partition coefficient (Wildman–Crippen LogP) is 2.31. The van der Waals surface area contributed by atoms with Crippen molar-refractivity contribution in [1.82, 2.24) is 19.9 Å². The minimum absolute atomic E-state index is 0.266. The summed E-state index contributed by atoms with van der Waals surface area (Å²) < 4.78 is 5.79. The van der Waals surface area contributed by atoms with Crippen LogP contribution >= 0.6 is 0 Å². The Morgan fingerprint density at radius 3 is 2.79 bits per heavy atom. The fraction of sp³-hybridized carbons (Fsp3) is 0.611. The monoisotopic (exact) mass is 327 g/mol. The van der Waals surface area contributed by atoms with Gasteiger partial charge >= 0.3 is 0 Å². The van der Waals surface area contributed by atoms with Crippen LogP contribution in [0.5, 0.6) is 0 Å². The molecule has 2 fully saturated rings. The zero-order valence-corrected chi connectivity index (χ0v) is 14.5. The van der Waals surface area contributed by atoms with Gasteiger partial charge in [0, 0.05) is 5.69 Å². The van der Waals surface area contributed by atoms with E-state index in [-0.39, 0.29) is 6.04 Å². The summed E-state index contributed by atoms with van der Waals surface area (Å²) in [5.41, 5.74) is 2.91. The smallest absolute Gasteiger partial charge is 0.165 e. The van der Waals surface area contributed by atoms with Crippen LogP contribution < -0.4 is 5.32 Å². The van der Waals surface area contributed by atoms with Crippen molar-refractivity contribution in [3.63, 3.8) is 0 Å². The van der Waals surface area contributed by atoms with Crippen molar-refractivity contribution in [2.24, 2.45) is 0 Å². The molecular formula is C18H25N5O. The van der Waals surface area contributed by atoms with Crippen molar-refractivity contribution in [3.8, 4) is 0 Å². The first kappa shape index (κ1) is 15.7. The van der Waals surface area contributed by atoms with Crippen LogP contribution in [-0.2, 0) is 4.74 Å². The van der Waals surface area contributed by atoms with Crippen molar-refractivity contribution in [2.45, 2.75) is 45.2 Å². The molecule has 1 N–H and O–H groups in total. The average molecular weight is 327 g/mol. The van der Waals surface area contributed by atoms with E-state index in [1.165, 1.54) is 32.4 Å². The molecule has 128 valence electrons. The van der Waals surface area contributed by atoms with E-state index in [9.17, 15) is 0 Å². The molecular weight excluding hydrogens is 302 g/mol. The predicted molar refractivity (Wildman–Crippen MR) is 94.2 cm³/mol. The van der Waals surface area contributed by atoms with Gasteiger partial charge in [-0.25, -0.2) is 15.0 Å². The number of hydrogen-bond acceptors (Lipinski definition) is 6. The van der Waals surface area contributed by atoms with E-state index >= 15 is 0 Å². The molecule has 0 unspecified atom stereocenters. The minimum atomic E-state index is 0.266. The Morgan fingerprint density at radius 1 is 1.12 bits per heavy atom. The Bertz CT molecular complexity index is 729. The third-order valence-electron chi connectivity index (χ3n) is 5.16. The average Bonchev–Trinajstić information content (AvgIpc) is 3.03. The second-order valence-corrected chi connectivity index (χ2v) is 6.95. The largest absolute Gasteiger partial charge is 0.378 e. The number of fused-ring (bicyclic) bond motifs is 1. The molecule has 0 radical (unpaired) electrons. The molecule has 2 aliphatic heterocycles. The number of ether oxygens (including phenoxy) is 1. The molecule has 0 saturated carbocycles. The van der Waals surface area contributed by atoms with Gasteiger partial charge in [0.05, 0.1) is 30.7 Å². The lowest BCUT2D eigenvalue weighted by molar-refractivity contribution is 0.127. The number of hydrogen-bond donors (Lipinski definition) is 1. The highest BCUT2D eigenvalue weighted by Gasteiger charge is 2.34. The number of likely N-dealkylation sites (tertiary alicyclic amines) is 1. The van der Waals surface area contributed by atoms with E-state index in [0.717, 1.165) is 41.3 Å². The topological polar surface area (TPSA) is 63.2 Å². The standard InChI is InChI=1S/C18H25N5O/c1-12-8-13(2)21-17-16(12)18(20-11-19-17)22-14-9-24-10-15(14)23-6-4-3-5-7-23/h8,11,14-15H,3-7,9-10H2,1-2H3,(H,19,20,21,22)/t14-,15-/m1/s1. The molecule has 6 nitrogen and oxygen atoms in total. The molecule has 4 rings (SSSR count). The lowest BCUT2D eigenvalue weighted by atomic mass is 10.0. The van der Waals surface area contributed by atoms with Crippen LogP contribution in [0.2, 0.25) is 0 Å². The van der Waals surface area contributed by atoms with Crippen LogP contribution in [0.4, 0.5) is 5.82 Å². The first-order valence-electron chi connectivity index (χ1n) is 8.89. The van der Waals surface area contributed by atoms with Gasteiger partial charge in [0.1, 0.15) is 12.1 Å². The molecule has 0 bridgehead atoms. The number of rotatable bonds is 3. The van der Waals surface area contributed by atoms with Crippen LogP contribution in [0.25, 0.3) is 11.0 Å². The van der Waals surface area contributed by atoms with Crippen LogP contribution in [0.3, 0.4) is 0 Å². The molecule has 2 aromatic heterocycles. The Morgan fingerprint density at radius 2 is 1.96 bits per heavy atom. The maximum absolute atomic E-state index is 5.79. The number of anilines is 1. The molecule has 0 aliphatic carbocycles. The van der Waals surface area contributed by atoms with Gasteiger partial charge in [-0.1, -0.05) is 6.42 Å². The van der Waals surface area contributed by atoms with Crippen LogP contribution in [0.15, 0.2) is 12.4 Å². The normalized spacial score (nSPS) is 25.2. The lowest BCUT2D eigenvalue weighted by Gasteiger charge is -2.34. The van der Waals surface area contributed by atoms with Crippen molar-refractivity contribution < 1.29 is 4.74 Å². The summed E-state index contributed by atoms with van der Waals surface area (Å²) in [5.74, 6) is 0.877. The summed E-state index contributed by atoms with van der Waals surface area (Å²) in [6, 6.07) is 2.78. The third kappa shape index (κ3) is 2.96. The summed E-state index contributed by atoms with van der Waals surface area (Å²) in [4.78, 5) is 16.0. The summed E-state index contributed by atoms with van der Waals surface area (Å²) in [7, 11) is 0. The van der Waals surface area contributed by atoms with Crippen LogP contribution in [0, 0.1) is 13.8 Å². The van der Waals surface area contributed by atoms with Gasteiger partial charge in [-0.15, -0.1) is 0 Å². The van der Waals surface area contributed by atoms with Gasteiger partial charge in [0.15, 0.2) is 5.65 Å². The number of pyridine rings is 1. The van der Waals surface area contributed by atoms with Crippen molar-refractivity contribution in [2.75, 3.05) is 31.6 Å². The second-order valence-electron chi connectivity index (χ2n) is 6.95. The minimum Gasteiger partial charge on any atom is -0.378 e. The van der Waals surface area contributed by atoms with Gasteiger partial charge in [-0.3, -0.25) is 4.90 Å². The number of nitrogens with one attached hydrogen (secondary N) is 1. The first-order valence-corrected chi connectivity index (χ1v) is 8.89. The van der Waals surface area contributed by atoms with Gasteiger partial charge in [-0.2, -0.15) is 0 Å². The van der Waals surface area contributed by atoms with Gasteiger partial charge in [0.25, 0.3) is 0 Å². The quantitative estimate of drug-likeness (QED) is 0.933. The van der Waals surface area contributed by atoms with Crippen molar-refractivity contribution >= 4 is 16.9 Å². The fourth-order valence-electron chi connectivity index (χ4n) is 3.98. The fourth-order valence-corrected chi connectivity index (χ4v) is 3.98.